The molecule has 0 amide bonds. The van der Waals surface area contributed by atoms with Crippen LogP contribution in [0.4, 0.5) is 5.69 Å². The summed E-state index contributed by atoms with van der Waals surface area (Å²) in [7, 11) is 1.45. The number of nitro groups is 1. The highest BCUT2D eigenvalue weighted by Gasteiger charge is 2.15. The molecule has 0 fully saturated rings. The molecule has 0 radical (unpaired) electrons. The maximum Gasteiger partial charge on any atom is 0.314 e. The standard InChI is InChI=1S/C11H11NO4/c1-3-4-7-16-11-6-5-9(15-2)8-10(11)12(13)14/h5-6,8H,7H2,1-2H3. The average Bonchev–Trinajstić information content (AvgIpc) is 2.29. The van der Waals surface area contributed by atoms with Gasteiger partial charge in [0.15, 0.2) is 5.75 Å². The molecule has 16 heavy (non-hydrogen) atoms. The van der Waals surface area contributed by atoms with Crippen molar-refractivity contribution in [3.05, 3.63) is 28.3 Å². The Labute approximate surface area is 93.1 Å². The van der Waals surface area contributed by atoms with Crippen LogP contribution in [0.2, 0.25) is 0 Å². The Bertz CT molecular complexity index is 445. The lowest BCUT2D eigenvalue weighted by Crippen LogP contribution is -1.99. The molecule has 1 aromatic carbocycles. The van der Waals surface area contributed by atoms with Crippen molar-refractivity contribution in [2.75, 3.05) is 13.7 Å². The van der Waals surface area contributed by atoms with E-state index in [1.165, 1.54) is 19.2 Å². The predicted octanol–water partition coefficient (Wildman–Crippen LogP) is 2.01. The van der Waals surface area contributed by atoms with Crippen LogP contribution in [0.1, 0.15) is 6.92 Å². The molecule has 0 spiro atoms. The first-order chi connectivity index (χ1) is 7.69. The van der Waals surface area contributed by atoms with Gasteiger partial charge in [-0.25, -0.2) is 0 Å². The summed E-state index contributed by atoms with van der Waals surface area (Å²) in [5.41, 5.74) is -0.128. The summed E-state index contributed by atoms with van der Waals surface area (Å²) in [6.45, 7) is 1.80. The number of ether oxygens (including phenoxy) is 2. The molecule has 0 unspecified atom stereocenters. The molecule has 1 aromatic rings. The van der Waals surface area contributed by atoms with E-state index >= 15 is 0 Å². The molecule has 0 N–H and O–H groups in total. The van der Waals surface area contributed by atoms with Crippen molar-refractivity contribution in [1.29, 1.82) is 0 Å². The fourth-order valence-electron chi connectivity index (χ4n) is 1.07. The second kappa shape index (κ2) is 5.61. The summed E-state index contributed by atoms with van der Waals surface area (Å²) in [6.07, 6.45) is 0. The smallest absolute Gasteiger partial charge is 0.314 e. The van der Waals surface area contributed by atoms with Gasteiger partial charge in [0.1, 0.15) is 12.4 Å². The number of methoxy groups -OCH3 is 1. The van der Waals surface area contributed by atoms with Gasteiger partial charge in [-0.2, -0.15) is 0 Å². The Morgan fingerprint density at radius 2 is 2.25 bits per heavy atom. The summed E-state index contributed by atoms with van der Waals surface area (Å²) in [4.78, 5) is 10.2. The van der Waals surface area contributed by atoms with Crippen molar-refractivity contribution in [3.63, 3.8) is 0 Å². The van der Waals surface area contributed by atoms with E-state index in [4.69, 9.17) is 9.47 Å². The monoisotopic (exact) mass is 221 g/mol. The number of hydrogen-bond donors (Lipinski definition) is 0. The predicted molar refractivity (Wildman–Crippen MR) is 58.6 cm³/mol. The van der Waals surface area contributed by atoms with Crippen LogP contribution in [0.25, 0.3) is 0 Å². The molecule has 0 aromatic heterocycles. The van der Waals surface area contributed by atoms with E-state index in [0.717, 1.165) is 0 Å². The summed E-state index contributed by atoms with van der Waals surface area (Å²) in [6, 6.07) is 4.41. The van der Waals surface area contributed by atoms with E-state index < -0.39 is 4.92 Å². The third-order valence-electron chi connectivity index (χ3n) is 1.84. The molecule has 0 bridgehead atoms. The summed E-state index contributed by atoms with van der Waals surface area (Å²) >= 11 is 0. The molecular formula is C11H11NO4. The van der Waals surface area contributed by atoms with Gasteiger partial charge in [0, 0.05) is 0 Å². The molecule has 84 valence electrons. The van der Waals surface area contributed by atoms with Gasteiger partial charge in [-0.1, -0.05) is 5.92 Å². The van der Waals surface area contributed by atoms with E-state index in [0.29, 0.717) is 5.75 Å². The molecule has 0 aliphatic carbocycles. The SMILES string of the molecule is CC#CCOc1ccc(OC)cc1[N+](=O)[O-]. The first-order valence-electron chi connectivity index (χ1n) is 4.54. The van der Waals surface area contributed by atoms with Gasteiger partial charge in [-0.15, -0.1) is 5.92 Å². The first kappa shape index (κ1) is 11.9. The normalized spacial score (nSPS) is 8.88. The van der Waals surface area contributed by atoms with Gasteiger partial charge < -0.3 is 9.47 Å². The number of hydrogen-bond acceptors (Lipinski definition) is 4. The third-order valence-corrected chi connectivity index (χ3v) is 1.84. The van der Waals surface area contributed by atoms with E-state index in [9.17, 15) is 10.1 Å². The van der Waals surface area contributed by atoms with E-state index in [1.807, 2.05) is 0 Å². The van der Waals surface area contributed by atoms with Gasteiger partial charge in [0.25, 0.3) is 0 Å². The van der Waals surface area contributed by atoms with Crippen molar-refractivity contribution in [1.82, 2.24) is 0 Å². The first-order valence-corrected chi connectivity index (χ1v) is 4.54. The number of nitrogens with zero attached hydrogens (tertiary/aromatic N) is 1. The number of rotatable bonds is 4. The largest absolute Gasteiger partial charge is 0.496 e. The van der Waals surface area contributed by atoms with Crippen LogP contribution in [0.3, 0.4) is 0 Å². The third kappa shape index (κ3) is 2.89. The zero-order valence-electron chi connectivity index (χ0n) is 9.02. The zero-order valence-corrected chi connectivity index (χ0v) is 9.02. The topological polar surface area (TPSA) is 61.6 Å². The molecule has 0 saturated carbocycles. The minimum Gasteiger partial charge on any atom is -0.496 e. The quantitative estimate of drug-likeness (QED) is 0.443. The lowest BCUT2D eigenvalue weighted by Gasteiger charge is -2.05. The van der Waals surface area contributed by atoms with Crippen LogP contribution < -0.4 is 9.47 Å². The van der Waals surface area contributed by atoms with Crippen molar-refractivity contribution >= 4 is 5.69 Å². The lowest BCUT2D eigenvalue weighted by atomic mass is 10.3. The molecular weight excluding hydrogens is 210 g/mol. The van der Waals surface area contributed by atoms with Crippen molar-refractivity contribution in [2.24, 2.45) is 0 Å². The van der Waals surface area contributed by atoms with Crippen molar-refractivity contribution in [2.45, 2.75) is 6.92 Å². The molecule has 5 nitrogen and oxygen atoms in total. The molecule has 1 rings (SSSR count). The highest BCUT2D eigenvalue weighted by molar-refractivity contribution is 5.51. The maximum atomic E-state index is 10.8. The lowest BCUT2D eigenvalue weighted by molar-refractivity contribution is -0.385. The number of nitro benzene ring substituents is 1. The second-order valence-corrected chi connectivity index (χ2v) is 2.81. The summed E-state index contributed by atoms with van der Waals surface area (Å²) in [5.74, 6) is 5.91. The minimum atomic E-state index is -0.517. The molecule has 0 heterocycles. The van der Waals surface area contributed by atoms with Gasteiger partial charge in [0.2, 0.25) is 0 Å². The van der Waals surface area contributed by atoms with Crippen LogP contribution >= 0.6 is 0 Å². The molecule has 0 aliphatic heterocycles. The van der Waals surface area contributed by atoms with Gasteiger partial charge in [-0.05, 0) is 19.1 Å². The summed E-state index contributed by atoms with van der Waals surface area (Å²) in [5, 5.41) is 10.8. The molecule has 0 aliphatic rings. The zero-order chi connectivity index (χ0) is 12.0. The molecule has 0 atom stereocenters. The van der Waals surface area contributed by atoms with E-state index in [1.54, 1.807) is 13.0 Å². The highest BCUT2D eigenvalue weighted by Crippen LogP contribution is 2.30. The van der Waals surface area contributed by atoms with Crippen LogP contribution in [-0.4, -0.2) is 18.6 Å². The fourth-order valence-corrected chi connectivity index (χ4v) is 1.07. The molecule has 0 saturated heterocycles. The van der Waals surface area contributed by atoms with Crippen LogP contribution in [0.15, 0.2) is 18.2 Å². The highest BCUT2D eigenvalue weighted by atomic mass is 16.6. The maximum absolute atomic E-state index is 10.8. The van der Waals surface area contributed by atoms with Crippen LogP contribution in [-0.2, 0) is 0 Å². The van der Waals surface area contributed by atoms with Crippen molar-refractivity contribution in [3.8, 4) is 23.3 Å². The van der Waals surface area contributed by atoms with Gasteiger partial charge in [-0.3, -0.25) is 10.1 Å². The van der Waals surface area contributed by atoms with Crippen LogP contribution in [0.5, 0.6) is 11.5 Å². The Morgan fingerprint density at radius 1 is 1.50 bits per heavy atom. The fraction of sp³-hybridized carbons (Fsp3) is 0.273. The average molecular weight is 221 g/mol. The van der Waals surface area contributed by atoms with Crippen molar-refractivity contribution < 1.29 is 14.4 Å². The number of benzene rings is 1. The summed E-state index contributed by atoms with van der Waals surface area (Å²) < 4.78 is 10.1. The van der Waals surface area contributed by atoms with Crippen LogP contribution in [0, 0.1) is 22.0 Å². The Balaban J connectivity index is 2.96. The Kier molecular flexibility index (Phi) is 4.16. The van der Waals surface area contributed by atoms with E-state index in [2.05, 4.69) is 11.8 Å². The van der Waals surface area contributed by atoms with E-state index in [-0.39, 0.29) is 18.0 Å². The minimum absolute atomic E-state index is 0.128. The Hall–Kier alpha value is -2.22. The van der Waals surface area contributed by atoms with Gasteiger partial charge >= 0.3 is 5.69 Å². The van der Waals surface area contributed by atoms with Gasteiger partial charge in [0.05, 0.1) is 18.1 Å². The molecule has 5 heteroatoms. The second-order valence-electron chi connectivity index (χ2n) is 2.81. The Morgan fingerprint density at radius 3 is 2.81 bits per heavy atom.